The van der Waals surface area contributed by atoms with E-state index in [0.717, 1.165) is 6.07 Å². The lowest BCUT2D eigenvalue weighted by atomic mass is 9.85. The van der Waals surface area contributed by atoms with Crippen LogP contribution in [0.1, 0.15) is 25.7 Å². The lowest BCUT2D eigenvalue weighted by Crippen LogP contribution is -2.33. The first-order chi connectivity index (χ1) is 9.27. The van der Waals surface area contributed by atoms with Gasteiger partial charge in [0.2, 0.25) is 0 Å². The monoisotopic (exact) mass is 297 g/mol. The van der Waals surface area contributed by atoms with Crippen molar-refractivity contribution in [3.63, 3.8) is 0 Å². The van der Waals surface area contributed by atoms with E-state index in [9.17, 15) is 26.3 Å². The SMILES string of the molecule is Fc1cc(F)c(F)c(NC2CCC(C(F)(F)F)CC2)c1. The minimum Gasteiger partial charge on any atom is -0.380 e. The second-order valence-electron chi connectivity index (χ2n) is 4.98. The highest BCUT2D eigenvalue weighted by Crippen LogP contribution is 2.38. The molecule has 0 aliphatic heterocycles. The molecule has 0 bridgehead atoms. The van der Waals surface area contributed by atoms with Gasteiger partial charge in [-0.25, -0.2) is 13.2 Å². The average molecular weight is 297 g/mol. The summed E-state index contributed by atoms with van der Waals surface area (Å²) in [6.07, 6.45) is -3.99. The second-order valence-corrected chi connectivity index (χ2v) is 4.98. The van der Waals surface area contributed by atoms with Crippen molar-refractivity contribution in [2.75, 3.05) is 5.32 Å². The molecule has 0 heterocycles. The van der Waals surface area contributed by atoms with Crippen LogP contribution in [0.3, 0.4) is 0 Å². The van der Waals surface area contributed by atoms with Crippen molar-refractivity contribution in [3.05, 3.63) is 29.6 Å². The summed E-state index contributed by atoms with van der Waals surface area (Å²) in [5.41, 5.74) is -0.349. The van der Waals surface area contributed by atoms with Crippen LogP contribution in [0.5, 0.6) is 0 Å². The molecule has 7 heteroatoms. The van der Waals surface area contributed by atoms with Crippen LogP contribution in [-0.4, -0.2) is 12.2 Å². The van der Waals surface area contributed by atoms with Gasteiger partial charge >= 0.3 is 6.18 Å². The summed E-state index contributed by atoms with van der Waals surface area (Å²) in [6, 6.07) is 0.805. The minimum atomic E-state index is -4.22. The number of nitrogens with one attached hydrogen (secondary N) is 1. The molecule has 0 unspecified atom stereocenters. The fourth-order valence-corrected chi connectivity index (χ4v) is 2.45. The molecule has 2 rings (SSSR count). The first-order valence-electron chi connectivity index (χ1n) is 6.25. The number of hydrogen-bond donors (Lipinski definition) is 1. The van der Waals surface area contributed by atoms with E-state index in [-0.39, 0.29) is 31.4 Å². The van der Waals surface area contributed by atoms with Gasteiger partial charge in [0.15, 0.2) is 11.6 Å². The Kier molecular flexibility index (Phi) is 4.15. The number of rotatable bonds is 2. The van der Waals surface area contributed by atoms with Crippen molar-refractivity contribution in [2.45, 2.75) is 37.9 Å². The van der Waals surface area contributed by atoms with E-state index in [0.29, 0.717) is 6.07 Å². The molecular weight excluding hydrogens is 284 g/mol. The Bertz CT molecular complexity index is 476. The molecule has 1 aromatic carbocycles. The number of halogens is 6. The highest BCUT2D eigenvalue weighted by molar-refractivity contribution is 5.46. The van der Waals surface area contributed by atoms with Gasteiger partial charge in [0.25, 0.3) is 0 Å². The van der Waals surface area contributed by atoms with Crippen LogP contribution in [0.4, 0.5) is 32.0 Å². The summed E-state index contributed by atoms with van der Waals surface area (Å²) in [7, 11) is 0. The molecule has 1 nitrogen and oxygen atoms in total. The quantitative estimate of drug-likeness (QED) is 0.619. The Morgan fingerprint density at radius 3 is 2.10 bits per heavy atom. The smallest absolute Gasteiger partial charge is 0.380 e. The molecule has 1 saturated carbocycles. The molecule has 0 aromatic heterocycles. The number of benzene rings is 1. The maximum Gasteiger partial charge on any atom is 0.391 e. The predicted molar refractivity (Wildman–Crippen MR) is 61.7 cm³/mol. The molecule has 1 aliphatic carbocycles. The van der Waals surface area contributed by atoms with Crippen LogP contribution in [0.25, 0.3) is 0 Å². The van der Waals surface area contributed by atoms with Gasteiger partial charge in [-0.2, -0.15) is 13.2 Å². The lowest BCUT2D eigenvalue weighted by Gasteiger charge is -2.30. The minimum absolute atomic E-state index is 0.0689. The third-order valence-electron chi connectivity index (χ3n) is 3.54. The third-order valence-corrected chi connectivity index (χ3v) is 3.54. The van der Waals surface area contributed by atoms with Crippen LogP contribution in [0, 0.1) is 23.4 Å². The maximum absolute atomic E-state index is 13.4. The van der Waals surface area contributed by atoms with Crippen molar-refractivity contribution in [1.82, 2.24) is 0 Å². The normalized spacial score (nSPS) is 23.7. The Balaban J connectivity index is 2.00. The summed E-state index contributed by atoms with van der Waals surface area (Å²) in [6.45, 7) is 0. The van der Waals surface area contributed by atoms with Crippen LogP contribution in [-0.2, 0) is 0 Å². The van der Waals surface area contributed by atoms with Gasteiger partial charge in [-0.3, -0.25) is 0 Å². The van der Waals surface area contributed by atoms with Gasteiger partial charge in [-0.15, -0.1) is 0 Å². The van der Waals surface area contributed by atoms with E-state index >= 15 is 0 Å². The molecule has 1 fully saturated rings. The summed E-state index contributed by atoms with van der Waals surface area (Å²) in [5, 5.41) is 2.58. The zero-order chi connectivity index (χ0) is 14.9. The number of hydrogen-bond acceptors (Lipinski definition) is 1. The molecular formula is C13H13F6N. The maximum atomic E-state index is 13.4. The zero-order valence-corrected chi connectivity index (χ0v) is 10.4. The Morgan fingerprint density at radius 2 is 1.55 bits per heavy atom. The van der Waals surface area contributed by atoms with Gasteiger partial charge in [0.05, 0.1) is 11.6 Å². The third kappa shape index (κ3) is 3.37. The largest absolute Gasteiger partial charge is 0.391 e. The van der Waals surface area contributed by atoms with E-state index in [2.05, 4.69) is 5.32 Å². The first kappa shape index (κ1) is 15.0. The van der Waals surface area contributed by atoms with Crippen molar-refractivity contribution in [3.8, 4) is 0 Å². The second kappa shape index (κ2) is 5.54. The van der Waals surface area contributed by atoms with Crippen LogP contribution in [0.15, 0.2) is 12.1 Å². The van der Waals surface area contributed by atoms with Gasteiger partial charge in [-0.05, 0) is 25.7 Å². The average Bonchev–Trinajstić information content (AvgIpc) is 2.35. The zero-order valence-electron chi connectivity index (χ0n) is 10.4. The predicted octanol–water partition coefficient (Wildman–Crippen LogP) is 4.64. The fraction of sp³-hybridized carbons (Fsp3) is 0.538. The molecule has 20 heavy (non-hydrogen) atoms. The van der Waals surface area contributed by atoms with Gasteiger partial charge in [-0.1, -0.05) is 0 Å². The highest BCUT2D eigenvalue weighted by atomic mass is 19.4. The molecule has 1 N–H and O–H groups in total. The molecule has 0 atom stereocenters. The molecule has 0 spiro atoms. The number of alkyl halides is 3. The molecule has 0 saturated heterocycles. The standard InChI is InChI=1S/C13H13F6N/c14-8-5-10(15)12(16)11(6-8)20-9-3-1-7(2-4-9)13(17,18)19/h5-7,9,20H,1-4H2. The van der Waals surface area contributed by atoms with Crippen molar-refractivity contribution >= 4 is 5.69 Å². The molecule has 112 valence electrons. The van der Waals surface area contributed by atoms with Gasteiger partial charge in [0.1, 0.15) is 5.82 Å². The van der Waals surface area contributed by atoms with Gasteiger partial charge in [0, 0.05) is 18.2 Å². The molecule has 0 radical (unpaired) electrons. The first-order valence-corrected chi connectivity index (χ1v) is 6.25. The Labute approximate surface area is 112 Å². The van der Waals surface area contributed by atoms with E-state index < -0.39 is 35.6 Å². The van der Waals surface area contributed by atoms with E-state index in [4.69, 9.17) is 0 Å². The van der Waals surface area contributed by atoms with E-state index in [1.54, 1.807) is 0 Å². The Hall–Kier alpha value is -1.40. The Morgan fingerprint density at radius 1 is 0.950 bits per heavy atom. The highest BCUT2D eigenvalue weighted by Gasteiger charge is 2.41. The topological polar surface area (TPSA) is 12.0 Å². The van der Waals surface area contributed by atoms with Crippen LogP contribution >= 0.6 is 0 Å². The van der Waals surface area contributed by atoms with Gasteiger partial charge < -0.3 is 5.32 Å². The summed E-state index contributed by atoms with van der Waals surface area (Å²) < 4.78 is 76.9. The van der Waals surface area contributed by atoms with Crippen molar-refractivity contribution in [2.24, 2.45) is 5.92 Å². The fourth-order valence-electron chi connectivity index (χ4n) is 2.45. The van der Waals surface area contributed by atoms with E-state index in [1.165, 1.54) is 0 Å². The summed E-state index contributed by atoms with van der Waals surface area (Å²) in [4.78, 5) is 0. The summed E-state index contributed by atoms with van der Waals surface area (Å²) in [5.74, 6) is -4.83. The molecule has 1 aromatic rings. The van der Waals surface area contributed by atoms with E-state index in [1.807, 2.05) is 0 Å². The summed E-state index contributed by atoms with van der Waals surface area (Å²) >= 11 is 0. The molecule has 1 aliphatic rings. The van der Waals surface area contributed by atoms with Crippen LogP contribution in [0.2, 0.25) is 0 Å². The lowest BCUT2D eigenvalue weighted by molar-refractivity contribution is -0.182. The van der Waals surface area contributed by atoms with Crippen molar-refractivity contribution in [1.29, 1.82) is 0 Å². The van der Waals surface area contributed by atoms with Crippen LogP contribution < -0.4 is 5.32 Å². The molecule has 0 amide bonds. The number of anilines is 1. The van der Waals surface area contributed by atoms with Crippen molar-refractivity contribution < 1.29 is 26.3 Å².